The lowest BCUT2D eigenvalue weighted by Crippen LogP contribution is -2.11. The zero-order chi connectivity index (χ0) is 28.0. The van der Waals surface area contributed by atoms with Crippen molar-refractivity contribution in [3.63, 3.8) is 0 Å². The summed E-state index contributed by atoms with van der Waals surface area (Å²) in [6.45, 7) is 7.13. The molecule has 5 nitrogen and oxygen atoms in total. The first-order valence-electron chi connectivity index (χ1n) is 13.9. The van der Waals surface area contributed by atoms with Crippen LogP contribution in [0.15, 0.2) is 66.7 Å². The van der Waals surface area contributed by atoms with E-state index >= 15 is 0 Å². The van der Waals surface area contributed by atoms with Crippen LogP contribution in [-0.4, -0.2) is 25.2 Å². The maximum absolute atomic E-state index is 14.5. The second-order valence-corrected chi connectivity index (χ2v) is 9.86. The van der Waals surface area contributed by atoms with Crippen molar-refractivity contribution in [1.29, 1.82) is 0 Å². The molecule has 0 aliphatic carbocycles. The van der Waals surface area contributed by atoms with Crippen LogP contribution in [0.25, 0.3) is 11.1 Å². The molecular weight excluding hydrogens is 495 g/mol. The SMILES string of the molecule is CCCCCCCCOc1ccc(C(=O)Oc2ccc(-c3ccc(C(=O)OCC(C)CC)cc3)cc2)cc1F. The van der Waals surface area contributed by atoms with E-state index in [1.807, 2.05) is 31.2 Å². The highest BCUT2D eigenvalue weighted by molar-refractivity contribution is 5.91. The standard InChI is InChI=1S/C33H39FO5/c1-4-6-7-8-9-10-21-37-31-20-17-28(22-30(31)34)33(36)39-29-18-15-26(16-19-29)25-11-13-27(14-12-25)32(35)38-23-24(3)5-2/h11-20,22,24H,4-10,21,23H2,1-3H3. The highest BCUT2D eigenvalue weighted by Crippen LogP contribution is 2.25. The van der Waals surface area contributed by atoms with Gasteiger partial charge in [0.25, 0.3) is 0 Å². The number of hydrogen-bond donors (Lipinski definition) is 0. The number of halogens is 1. The van der Waals surface area contributed by atoms with Crippen LogP contribution in [0.3, 0.4) is 0 Å². The smallest absolute Gasteiger partial charge is 0.343 e. The average molecular weight is 535 g/mol. The van der Waals surface area contributed by atoms with Gasteiger partial charge in [-0.1, -0.05) is 83.6 Å². The molecule has 0 N–H and O–H groups in total. The predicted octanol–water partition coefficient (Wildman–Crippen LogP) is 8.65. The zero-order valence-electron chi connectivity index (χ0n) is 23.2. The number of rotatable bonds is 15. The molecule has 0 radical (unpaired) electrons. The van der Waals surface area contributed by atoms with E-state index in [1.54, 1.807) is 24.3 Å². The highest BCUT2D eigenvalue weighted by Gasteiger charge is 2.14. The van der Waals surface area contributed by atoms with Crippen molar-refractivity contribution < 1.29 is 28.2 Å². The summed E-state index contributed by atoms with van der Waals surface area (Å²) in [6, 6.07) is 18.3. The lowest BCUT2D eigenvalue weighted by Gasteiger charge is -2.10. The number of hydrogen-bond acceptors (Lipinski definition) is 5. The van der Waals surface area contributed by atoms with Crippen LogP contribution in [-0.2, 0) is 4.74 Å². The second-order valence-electron chi connectivity index (χ2n) is 9.86. The third kappa shape index (κ3) is 9.54. The van der Waals surface area contributed by atoms with Crippen molar-refractivity contribution in [3.8, 4) is 22.6 Å². The topological polar surface area (TPSA) is 61.8 Å². The van der Waals surface area contributed by atoms with Crippen molar-refractivity contribution in [2.45, 2.75) is 65.7 Å². The summed E-state index contributed by atoms with van der Waals surface area (Å²) in [5.41, 5.74) is 2.41. The van der Waals surface area contributed by atoms with E-state index in [2.05, 4.69) is 13.8 Å². The van der Waals surface area contributed by atoms with Gasteiger partial charge in [-0.15, -0.1) is 0 Å². The fraction of sp³-hybridized carbons (Fsp3) is 0.394. The number of unbranched alkanes of at least 4 members (excludes halogenated alkanes) is 5. The third-order valence-electron chi connectivity index (χ3n) is 6.64. The number of esters is 2. The van der Waals surface area contributed by atoms with Gasteiger partial charge in [0.15, 0.2) is 11.6 Å². The van der Waals surface area contributed by atoms with Gasteiger partial charge in [-0.2, -0.15) is 0 Å². The van der Waals surface area contributed by atoms with Crippen molar-refractivity contribution in [1.82, 2.24) is 0 Å². The molecule has 0 heterocycles. The van der Waals surface area contributed by atoms with Crippen LogP contribution in [0.1, 0.15) is 86.4 Å². The largest absolute Gasteiger partial charge is 0.491 e. The zero-order valence-corrected chi connectivity index (χ0v) is 23.2. The molecule has 1 unspecified atom stereocenters. The van der Waals surface area contributed by atoms with E-state index < -0.39 is 11.8 Å². The summed E-state index contributed by atoms with van der Waals surface area (Å²) in [5.74, 6) is -0.759. The van der Waals surface area contributed by atoms with Crippen LogP contribution >= 0.6 is 0 Å². The molecule has 0 bridgehead atoms. The normalized spacial score (nSPS) is 11.6. The van der Waals surface area contributed by atoms with Gasteiger partial charge < -0.3 is 14.2 Å². The van der Waals surface area contributed by atoms with Gasteiger partial charge in [-0.05, 0) is 65.9 Å². The van der Waals surface area contributed by atoms with E-state index in [9.17, 15) is 14.0 Å². The van der Waals surface area contributed by atoms with Crippen LogP contribution in [0.5, 0.6) is 11.5 Å². The Kier molecular flexibility index (Phi) is 12.0. The molecule has 0 amide bonds. The Morgan fingerprint density at radius 1 is 0.769 bits per heavy atom. The minimum atomic E-state index is -0.649. The molecule has 39 heavy (non-hydrogen) atoms. The predicted molar refractivity (Wildman–Crippen MR) is 152 cm³/mol. The first kappa shape index (κ1) is 29.9. The molecule has 6 heteroatoms. The minimum Gasteiger partial charge on any atom is -0.491 e. The van der Waals surface area contributed by atoms with Crippen molar-refractivity contribution in [3.05, 3.63) is 83.7 Å². The van der Waals surface area contributed by atoms with Gasteiger partial charge in [0.2, 0.25) is 0 Å². The summed E-state index contributed by atoms with van der Waals surface area (Å²) in [4.78, 5) is 24.8. The van der Waals surface area contributed by atoms with Gasteiger partial charge in [0, 0.05) is 0 Å². The van der Waals surface area contributed by atoms with Crippen LogP contribution in [0, 0.1) is 11.7 Å². The molecule has 0 spiro atoms. The maximum Gasteiger partial charge on any atom is 0.343 e. The lowest BCUT2D eigenvalue weighted by molar-refractivity contribution is 0.0447. The Morgan fingerprint density at radius 3 is 2.03 bits per heavy atom. The van der Waals surface area contributed by atoms with E-state index in [-0.39, 0.29) is 17.3 Å². The third-order valence-corrected chi connectivity index (χ3v) is 6.64. The molecule has 0 aromatic heterocycles. The van der Waals surface area contributed by atoms with Crippen LogP contribution in [0.4, 0.5) is 4.39 Å². The Labute approximate surface area is 231 Å². The monoisotopic (exact) mass is 534 g/mol. The van der Waals surface area contributed by atoms with E-state index in [1.165, 1.54) is 31.4 Å². The Hall–Kier alpha value is -3.67. The van der Waals surface area contributed by atoms with E-state index in [0.29, 0.717) is 30.4 Å². The molecule has 3 aromatic carbocycles. The van der Waals surface area contributed by atoms with Gasteiger partial charge in [-0.3, -0.25) is 0 Å². The first-order chi connectivity index (χ1) is 18.9. The Morgan fingerprint density at radius 2 is 1.38 bits per heavy atom. The molecular formula is C33H39FO5. The van der Waals surface area contributed by atoms with Crippen LogP contribution < -0.4 is 9.47 Å². The van der Waals surface area contributed by atoms with Crippen molar-refractivity contribution in [2.24, 2.45) is 5.92 Å². The molecule has 0 aliphatic rings. The fourth-order valence-electron chi connectivity index (χ4n) is 3.91. The minimum absolute atomic E-state index is 0.110. The van der Waals surface area contributed by atoms with Gasteiger partial charge in [-0.25, -0.2) is 14.0 Å². The Balaban J connectivity index is 1.50. The van der Waals surface area contributed by atoms with Gasteiger partial charge >= 0.3 is 11.9 Å². The molecule has 3 aromatic rings. The fourth-order valence-corrected chi connectivity index (χ4v) is 3.91. The molecule has 1 atom stereocenters. The van der Waals surface area contributed by atoms with Gasteiger partial charge in [0.1, 0.15) is 5.75 Å². The molecule has 0 saturated heterocycles. The summed E-state index contributed by atoms with van der Waals surface area (Å²) in [5, 5.41) is 0. The number of benzene rings is 3. The summed E-state index contributed by atoms with van der Waals surface area (Å²) >= 11 is 0. The molecule has 208 valence electrons. The molecule has 3 rings (SSSR count). The van der Waals surface area contributed by atoms with Crippen LogP contribution in [0.2, 0.25) is 0 Å². The quantitative estimate of drug-likeness (QED) is 0.111. The van der Waals surface area contributed by atoms with Crippen molar-refractivity contribution >= 4 is 11.9 Å². The highest BCUT2D eigenvalue weighted by atomic mass is 19.1. The number of ether oxygens (including phenoxy) is 3. The Bertz CT molecular complexity index is 1190. The number of carbonyl (C=O) groups is 2. The van der Waals surface area contributed by atoms with E-state index in [0.717, 1.165) is 42.9 Å². The summed E-state index contributed by atoms with van der Waals surface area (Å²) in [7, 11) is 0. The van der Waals surface area contributed by atoms with Gasteiger partial charge in [0.05, 0.1) is 24.3 Å². The molecule has 0 aliphatic heterocycles. The summed E-state index contributed by atoms with van der Waals surface area (Å²) in [6.07, 6.45) is 7.70. The average Bonchev–Trinajstić information content (AvgIpc) is 2.96. The molecule has 0 fully saturated rings. The van der Waals surface area contributed by atoms with E-state index in [4.69, 9.17) is 14.2 Å². The summed E-state index contributed by atoms with van der Waals surface area (Å²) < 4.78 is 30.8. The molecule has 0 saturated carbocycles. The number of carbonyl (C=O) groups excluding carboxylic acids is 2. The van der Waals surface area contributed by atoms with Crippen molar-refractivity contribution in [2.75, 3.05) is 13.2 Å². The lowest BCUT2D eigenvalue weighted by atomic mass is 10.0. The second kappa shape index (κ2) is 15.7. The maximum atomic E-state index is 14.5. The first-order valence-corrected chi connectivity index (χ1v) is 13.9.